The number of halogens is 2. The molecule has 0 amide bonds. The highest BCUT2D eigenvalue weighted by atomic mass is 79.9. The Morgan fingerprint density at radius 1 is 1.05 bits per heavy atom. The largest absolute Gasteiger partial charge is 0.489 e. The van der Waals surface area contributed by atoms with Crippen molar-refractivity contribution in [2.75, 3.05) is 0 Å². The van der Waals surface area contributed by atoms with Crippen LogP contribution >= 0.6 is 15.9 Å². The van der Waals surface area contributed by atoms with Gasteiger partial charge in [-0.1, -0.05) is 40.2 Å². The number of benzene rings is 2. The minimum absolute atomic E-state index is 0.261. The minimum atomic E-state index is -0.261. The SMILES string of the molecule is Fc1ccc(OCc2cccc3cccnc23)c(CBr)c1. The zero-order valence-electron chi connectivity index (χ0n) is 11.2. The summed E-state index contributed by atoms with van der Waals surface area (Å²) >= 11 is 3.35. The molecule has 0 saturated heterocycles. The normalized spacial score (nSPS) is 10.8. The number of rotatable bonds is 4. The molecule has 0 aliphatic heterocycles. The Morgan fingerprint density at radius 2 is 1.90 bits per heavy atom. The van der Waals surface area contributed by atoms with E-state index < -0.39 is 0 Å². The van der Waals surface area contributed by atoms with Gasteiger partial charge in [-0.3, -0.25) is 4.98 Å². The van der Waals surface area contributed by atoms with Crippen molar-refractivity contribution in [1.82, 2.24) is 4.98 Å². The van der Waals surface area contributed by atoms with Crippen molar-refractivity contribution >= 4 is 26.8 Å². The molecule has 0 N–H and O–H groups in total. The summed E-state index contributed by atoms with van der Waals surface area (Å²) in [6.07, 6.45) is 1.77. The molecule has 0 radical (unpaired) electrons. The summed E-state index contributed by atoms with van der Waals surface area (Å²) in [6.45, 7) is 0.403. The number of aromatic nitrogens is 1. The highest BCUT2D eigenvalue weighted by molar-refractivity contribution is 9.08. The predicted octanol–water partition coefficient (Wildman–Crippen LogP) is 4.85. The molecule has 0 saturated carbocycles. The first-order valence-electron chi connectivity index (χ1n) is 6.58. The molecule has 4 heteroatoms. The Kier molecular flexibility index (Phi) is 4.15. The first kappa shape index (κ1) is 14.0. The fourth-order valence-electron chi connectivity index (χ4n) is 2.23. The van der Waals surface area contributed by atoms with E-state index in [0.717, 1.165) is 22.0 Å². The maximum Gasteiger partial charge on any atom is 0.124 e. The monoisotopic (exact) mass is 345 g/mol. The Balaban J connectivity index is 1.87. The molecule has 21 heavy (non-hydrogen) atoms. The van der Waals surface area contributed by atoms with Crippen LogP contribution in [-0.4, -0.2) is 4.98 Å². The molecule has 2 aromatic carbocycles. The number of hydrogen-bond acceptors (Lipinski definition) is 2. The summed E-state index contributed by atoms with van der Waals surface area (Å²) in [6, 6.07) is 14.5. The van der Waals surface area contributed by atoms with E-state index in [1.807, 2.05) is 30.3 Å². The van der Waals surface area contributed by atoms with Gasteiger partial charge in [-0.15, -0.1) is 0 Å². The second kappa shape index (κ2) is 6.22. The topological polar surface area (TPSA) is 22.1 Å². The highest BCUT2D eigenvalue weighted by Crippen LogP contribution is 2.24. The van der Waals surface area contributed by atoms with Crippen LogP contribution in [0.4, 0.5) is 4.39 Å². The van der Waals surface area contributed by atoms with Crippen LogP contribution in [0.1, 0.15) is 11.1 Å². The van der Waals surface area contributed by atoms with E-state index in [0.29, 0.717) is 17.7 Å². The van der Waals surface area contributed by atoms with Crippen molar-refractivity contribution in [3.63, 3.8) is 0 Å². The number of ether oxygens (including phenoxy) is 1. The fraction of sp³-hybridized carbons (Fsp3) is 0.118. The molecule has 2 nitrogen and oxygen atoms in total. The van der Waals surface area contributed by atoms with Crippen molar-refractivity contribution in [1.29, 1.82) is 0 Å². The summed E-state index contributed by atoms with van der Waals surface area (Å²) < 4.78 is 19.1. The Bertz CT molecular complexity index is 770. The van der Waals surface area contributed by atoms with Crippen LogP contribution < -0.4 is 4.74 Å². The maximum absolute atomic E-state index is 13.2. The third-order valence-corrected chi connectivity index (χ3v) is 3.87. The number of hydrogen-bond donors (Lipinski definition) is 0. The number of para-hydroxylation sites is 1. The van der Waals surface area contributed by atoms with Gasteiger partial charge in [0, 0.05) is 28.0 Å². The number of pyridine rings is 1. The Morgan fingerprint density at radius 3 is 2.76 bits per heavy atom. The Labute approximate surface area is 130 Å². The standard InChI is InChI=1S/C17H13BrFNO/c18-10-14-9-15(19)6-7-16(14)21-11-13-4-1-3-12-5-2-8-20-17(12)13/h1-9H,10-11H2. The lowest BCUT2D eigenvalue weighted by atomic mass is 10.1. The number of fused-ring (bicyclic) bond motifs is 1. The maximum atomic E-state index is 13.2. The van der Waals surface area contributed by atoms with Crippen molar-refractivity contribution in [3.05, 3.63) is 71.7 Å². The van der Waals surface area contributed by atoms with E-state index in [-0.39, 0.29) is 5.82 Å². The van der Waals surface area contributed by atoms with Crippen molar-refractivity contribution < 1.29 is 9.13 Å². The Hall–Kier alpha value is -1.94. The molecule has 0 atom stereocenters. The van der Waals surface area contributed by atoms with Crippen LogP contribution in [0, 0.1) is 5.82 Å². The van der Waals surface area contributed by atoms with E-state index >= 15 is 0 Å². The second-order valence-corrected chi connectivity index (χ2v) is 5.23. The van der Waals surface area contributed by atoms with Gasteiger partial charge in [0.05, 0.1) is 5.52 Å². The van der Waals surface area contributed by atoms with E-state index in [1.165, 1.54) is 12.1 Å². The first-order valence-corrected chi connectivity index (χ1v) is 7.70. The average molecular weight is 346 g/mol. The van der Waals surface area contributed by atoms with Gasteiger partial charge in [0.25, 0.3) is 0 Å². The van der Waals surface area contributed by atoms with Crippen molar-refractivity contribution in [2.24, 2.45) is 0 Å². The molecule has 106 valence electrons. The van der Waals surface area contributed by atoms with Gasteiger partial charge in [0.15, 0.2) is 0 Å². The lowest BCUT2D eigenvalue weighted by Crippen LogP contribution is -1.99. The molecule has 0 bridgehead atoms. The lowest BCUT2D eigenvalue weighted by molar-refractivity contribution is 0.304. The molecule has 0 fully saturated rings. The number of alkyl halides is 1. The molecule has 3 rings (SSSR count). The molecule has 0 unspecified atom stereocenters. The lowest BCUT2D eigenvalue weighted by Gasteiger charge is -2.11. The molecule has 1 heterocycles. The first-order chi connectivity index (χ1) is 10.3. The molecule has 3 aromatic rings. The summed E-state index contributed by atoms with van der Waals surface area (Å²) in [5.74, 6) is 0.421. The van der Waals surface area contributed by atoms with Gasteiger partial charge < -0.3 is 4.74 Å². The van der Waals surface area contributed by atoms with Crippen LogP contribution in [0.2, 0.25) is 0 Å². The predicted molar refractivity (Wildman–Crippen MR) is 85.1 cm³/mol. The van der Waals surface area contributed by atoms with Gasteiger partial charge >= 0.3 is 0 Å². The molecule has 1 aromatic heterocycles. The molecule has 0 aliphatic rings. The van der Waals surface area contributed by atoms with Gasteiger partial charge in [-0.25, -0.2) is 4.39 Å². The third kappa shape index (κ3) is 3.05. The van der Waals surface area contributed by atoms with Crippen LogP contribution in [-0.2, 0) is 11.9 Å². The average Bonchev–Trinajstić information content (AvgIpc) is 2.53. The van der Waals surface area contributed by atoms with E-state index in [1.54, 1.807) is 12.3 Å². The summed E-state index contributed by atoms with van der Waals surface area (Å²) in [5, 5.41) is 1.63. The molecule has 0 aliphatic carbocycles. The fourth-order valence-corrected chi connectivity index (χ4v) is 2.67. The van der Waals surface area contributed by atoms with E-state index in [4.69, 9.17) is 4.74 Å². The summed E-state index contributed by atoms with van der Waals surface area (Å²) in [5.41, 5.74) is 2.74. The smallest absolute Gasteiger partial charge is 0.124 e. The van der Waals surface area contributed by atoms with E-state index in [9.17, 15) is 4.39 Å². The molecule has 0 spiro atoms. The quantitative estimate of drug-likeness (QED) is 0.630. The second-order valence-electron chi connectivity index (χ2n) is 4.67. The van der Waals surface area contributed by atoms with Crippen LogP contribution in [0.15, 0.2) is 54.7 Å². The van der Waals surface area contributed by atoms with Gasteiger partial charge in [-0.2, -0.15) is 0 Å². The molecular weight excluding hydrogens is 333 g/mol. The zero-order valence-corrected chi connectivity index (χ0v) is 12.8. The van der Waals surface area contributed by atoms with Gasteiger partial charge in [0.1, 0.15) is 18.2 Å². The van der Waals surface area contributed by atoms with Crippen LogP contribution in [0.5, 0.6) is 5.75 Å². The van der Waals surface area contributed by atoms with Crippen LogP contribution in [0.3, 0.4) is 0 Å². The summed E-state index contributed by atoms with van der Waals surface area (Å²) in [7, 11) is 0. The van der Waals surface area contributed by atoms with Crippen LogP contribution in [0.25, 0.3) is 10.9 Å². The minimum Gasteiger partial charge on any atom is -0.489 e. The summed E-state index contributed by atoms with van der Waals surface area (Å²) in [4.78, 5) is 4.40. The van der Waals surface area contributed by atoms with E-state index in [2.05, 4.69) is 20.9 Å². The zero-order chi connectivity index (χ0) is 14.7. The number of nitrogens with zero attached hydrogens (tertiary/aromatic N) is 1. The van der Waals surface area contributed by atoms with Gasteiger partial charge in [-0.05, 0) is 24.3 Å². The van der Waals surface area contributed by atoms with Crippen molar-refractivity contribution in [2.45, 2.75) is 11.9 Å². The molecular formula is C17H13BrFNO. The van der Waals surface area contributed by atoms with Crippen molar-refractivity contribution in [3.8, 4) is 5.75 Å². The van der Waals surface area contributed by atoms with Gasteiger partial charge in [0.2, 0.25) is 0 Å². The third-order valence-electron chi connectivity index (χ3n) is 3.27. The highest BCUT2D eigenvalue weighted by Gasteiger charge is 2.07.